The summed E-state index contributed by atoms with van der Waals surface area (Å²) < 4.78 is 34.7. The van der Waals surface area contributed by atoms with E-state index in [0.29, 0.717) is 18.8 Å². The van der Waals surface area contributed by atoms with E-state index < -0.39 is 16.1 Å². The third kappa shape index (κ3) is 4.70. The Hall–Kier alpha value is -1.93. The fourth-order valence-electron chi connectivity index (χ4n) is 3.73. The monoisotopic (exact) mass is 432 g/mol. The van der Waals surface area contributed by atoms with E-state index in [1.165, 1.54) is 4.31 Å². The third-order valence-electron chi connectivity index (χ3n) is 5.60. The first-order valence-corrected chi connectivity index (χ1v) is 11.7. The quantitative estimate of drug-likeness (QED) is 0.787. The molecule has 1 aliphatic heterocycles. The van der Waals surface area contributed by atoms with Gasteiger partial charge >= 0.3 is 0 Å². The minimum absolute atomic E-state index is 0.0487. The molecule has 0 aromatic heterocycles. The number of sulfonamides is 1. The maximum Gasteiger partial charge on any atom is 0.247 e. The molecule has 0 radical (unpaired) electrons. The zero-order chi connectivity index (χ0) is 22.1. The number of rotatable bonds is 5. The van der Waals surface area contributed by atoms with Crippen molar-refractivity contribution in [3.8, 4) is 16.9 Å². The van der Waals surface area contributed by atoms with Gasteiger partial charge in [0.25, 0.3) is 0 Å². The van der Waals surface area contributed by atoms with Crippen molar-refractivity contribution in [3.63, 3.8) is 0 Å². The SMILES string of the molecule is Cc1ccc(-c2ccc3c(c2)O[C@@H](CN(C)C)[C@@H](C)CN([C@H](C)CO)S3(=O)=O)cc1. The molecule has 0 fully saturated rings. The lowest BCUT2D eigenvalue weighted by molar-refractivity contribution is 0.0813. The van der Waals surface area contributed by atoms with Crippen molar-refractivity contribution in [2.45, 2.75) is 37.8 Å². The summed E-state index contributed by atoms with van der Waals surface area (Å²) in [7, 11) is 0.141. The number of likely N-dealkylation sites (N-methyl/N-ethyl adjacent to an activating group) is 1. The molecular formula is C23H32N2O4S. The van der Waals surface area contributed by atoms with Crippen LogP contribution >= 0.6 is 0 Å². The number of hydrogen-bond donors (Lipinski definition) is 1. The first-order chi connectivity index (χ1) is 14.1. The van der Waals surface area contributed by atoms with Crippen LogP contribution in [0.5, 0.6) is 5.75 Å². The van der Waals surface area contributed by atoms with E-state index in [4.69, 9.17) is 4.74 Å². The fraction of sp³-hybridized carbons (Fsp3) is 0.478. The van der Waals surface area contributed by atoms with Crippen LogP contribution in [0.3, 0.4) is 0 Å². The van der Waals surface area contributed by atoms with Crippen LogP contribution in [0.25, 0.3) is 11.1 Å². The van der Waals surface area contributed by atoms with Crippen molar-refractivity contribution >= 4 is 10.0 Å². The number of ether oxygens (including phenoxy) is 1. The summed E-state index contributed by atoms with van der Waals surface area (Å²) in [4.78, 5) is 2.19. The zero-order valence-corrected chi connectivity index (χ0v) is 19.2. The molecular weight excluding hydrogens is 400 g/mol. The lowest BCUT2D eigenvalue weighted by Crippen LogP contribution is -2.49. The van der Waals surface area contributed by atoms with Crippen molar-refractivity contribution in [1.29, 1.82) is 0 Å². The van der Waals surface area contributed by atoms with E-state index in [1.807, 2.05) is 69.2 Å². The summed E-state index contributed by atoms with van der Waals surface area (Å²) in [5.74, 6) is 0.314. The molecule has 1 N–H and O–H groups in total. The van der Waals surface area contributed by atoms with Crippen LogP contribution in [0, 0.1) is 12.8 Å². The molecule has 0 saturated heterocycles. The van der Waals surface area contributed by atoms with Gasteiger partial charge in [0, 0.05) is 25.0 Å². The molecule has 1 aliphatic rings. The lowest BCUT2D eigenvalue weighted by atomic mass is 10.0. The topological polar surface area (TPSA) is 70.1 Å². The van der Waals surface area contributed by atoms with Crippen LogP contribution in [0.4, 0.5) is 0 Å². The van der Waals surface area contributed by atoms with E-state index in [0.717, 1.165) is 16.7 Å². The first kappa shape index (κ1) is 22.7. The molecule has 3 rings (SSSR count). The highest BCUT2D eigenvalue weighted by Gasteiger charge is 2.37. The van der Waals surface area contributed by atoms with Gasteiger partial charge in [-0.2, -0.15) is 4.31 Å². The van der Waals surface area contributed by atoms with Crippen molar-refractivity contribution in [2.75, 3.05) is 33.8 Å². The van der Waals surface area contributed by atoms with Gasteiger partial charge in [-0.1, -0.05) is 42.8 Å². The van der Waals surface area contributed by atoms with Crippen molar-refractivity contribution in [3.05, 3.63) is 48.0 Å². The Morgan fingerprint density at radius 2 is 1.80 bits per heavy atom. The summed E-state index contributed by atoms with van der Waals surface area (Å²) in [6, 6.07) is 12.9. The predicted octanol–water partition coefficient (Wildman–Crippen LogP) is 2.99. The molecule has 164 valence electrons. The molecule has 3 atom stereocenters. The molecule has 0 bridgehead atoms. The summed E-state index contributed by atoms with van der Waals surface area (Å²) in [5, 5.41) is 9.70. The second-order valence-electron chi connectivity index (χ2n) is 8.53. The molecule has 30 heavy (non-hydrogen) atoms. The van der Waals surface area contributed by atoms with Gasteiger partial charge in [-0.25, -0.2) is 8.42 Å². The highest BCUT2D eigenvalue weighted by molar-refractivity contribution is 7.89. The highest BCUT2D eigenvalue weighted by atomic mass is 32.2. The van der Waals surface area contributed by atoms with Crippen molar-refractivity contribution < 1.29 is 18.3 Å². The minimum Gasteiger partial charge on any atom is -0.487 e. The maximum absolute atomic E-state index is 13.5. The number of fused-ring (bicyclic) bond motifs is 1. The molecule has 2 aromatic rings. The molecule has 0 unspecified atom stereocenters. The second kappa shape index (κ2) is 9.06. The van der Waals surface area contributed by atoms with Crippen molar-refractivity contribution in [2.24, 2.45) is 5.92 Å². The lowest BCUT2D eigenvalue weighted by Gasteiger charge is -2.37. The maximum atomic E-state index is 13.5. The molecule has 2 aromatic carbocycles. The number of aliphatic hydroxyl groups excluding tert-OH is 1. The van der Waals surface area contributed by atoms with Crippen molar-refractivity contribution in [1.82, 2.24) is 9.21 Å². The average molecular weight is 433 g/mol. The summed E-state index contributed by atoms with van der Waals surface area (Å²) in [6.07, 6.45) is -0.184. The number of benzene rings is 2. The number of hydrogen-bond acceptors (Lipinski definition) is 5. The van der Waals surface area contributed by atoms with Gasteiger partial charge in [-0.05, 0) is 51.2 Å². The van der Waals surface area contributed by atoms with Crippen LogP contribution in [0.15, 0.2) is 47.4 Å². The molecule has 0 aliphatic carbocycles. The number of aryl methyl sites for hydroxylation is 1. The van der Waals surface area contributed by atoms with E-state index in [1.54, 1.807) is 13.0 Å². The van der Waals surface area contributed by atoms with E-state index in [2.05, 4.69) is 0 Å². The summed E-state index contributed by atoms with van der Waals surface area (Å²) >= 11 is 0. The van der Waals surface area contributed by atoms with E-state index in [9.17, 15) is 13.5 Å². The molecule has 1 heterocycles. The van der Waals surface area contributed by atoms with E-state index in [-0.39, 0.29) is 23.5 Å². The smallest absolute Gasteiger partial charge is 0.247 e. The predicted molar refractivity (Wildman–Crippen MR) is 119 cm³/mol. The Balaban J connectivity index is 2.14. The average Bonchev–Trinajstić information content (AvgIpc) is 2.70. The van der Waals surface area contributed by atoms with Gasteiger partial charge in [0.15, 0.2) is 0 Å². The van der Waals surface area contributed by atoms with Crippen LogP contribution in [0.2, 0.25) is 0 Å². The van der Waals surface area contributed by atoms with Crippen LogP contribution in [-0.2, 0) is 10.0 Å². The Bertz CT molecular complexity index is 973. The Morgan fingerprint density at radius 1 is 1.17 bits per heavy atom. The van der Waals surface area contributed by atoms with Gasteiger partial charge in [0.1, 0.15) is 16.7 Å². The first-order valence-electron chi connectivity index (χ1n) is 10.3. The highest BCUT2D eigenvalue weighted by Crippen LogP contribution is 2.36. The normalized spacial score (nSPS) is 22.6. The van der Waals surface area contributed by atoms with Gasteiger partial charge in [-0.15, -0.1) is 0 Å². The van der Waals surface area contributed by atoms with Crippen LogP contribution < -0.4 is 4.74 Å². The molecule has 7 heteroatoms. The summed E-state index contributed by atoms with van der Waals surface area (Å²) in [6.45, 7) is 6.48. The Morgan fingerprint density at radius 3 is 2.40 bits per heavy atom. The van der Waals surface area contributed by atoms with E-state index >= 15 is 0 Å². The standard InChI is InChI=1S/C23H32N2O4S/c1-16-6-8-19(9-7-16)20-10-11-23-21(12-20)29-22(14-24(4)5)17(2)13-25(18(3)15-26)30(23,27)28/h6-12,17-18,22,26H,13-15H2,1-5H3/t17-,18+,22-/m0/s1. The summed E-state index contributed by atoms with van der Waals surface area (Å²) in [5.41, 5.74) is 3.07. The fourth-order valence-corrected chi connectivity index (χ4v) is 5.55. The number of aliphatic hydroxyl groups is 1. The van der Waals surface area contributed by atoms with Gasteiger partial charge < -0.3 is 14.7 Å². The minimum atomic E-state index is -3.81. The van der Waals surface area contributed by atoms with Gasteiger partial charge in [0.2, 0.25) is 10.0 Å². The largest absolute Gasteiger partial charge is 0.487 e. The van der Waals surface area contributed by atoms with Crippen LogP contribution in [0.1, 0.15) is 19.4 Å². The second-order valence-corrected chi connectivity index (χ2v) is 10.4. The molecule has 0 amide bonds. The zero-order valence-electron chi connectivity index (χ0n) is 18.4. The third-order valence-corrected chi connectivity index (χ3v) is 7.62. The van der Waals surface area contributed by atoms with Gasteiger partial charge in [0.05, 0.1) is 6.61 Å². The van der Waals surface area contributed by atoms with Gasteiger partial charge in [-0.3, -0.25) is 0 Å². The molecule has 0 saturated carbocycles. The Labute approximate surface area is 180 Å². The molecule has 0 spiro atoms. The Kier molecular flexibility index (Phi) is 6.87. The molecule has 6 nitrogen and oxygen atoms in total. The van der Waals surface area contributed by atoms with Crippen LogP contribution in [-0.4, -0.2) is 68.7 Å². The number of nitrogens with zero attached hydrogens (tertiary/aromatic N) is 2.